The van der Waals surface area contributed by atoms with Gasteiger partial charge in [0.15, 0.2) is 0 Å². The highest BCUT2D eigenvalue weighted by Crippen LogP contribution is 2.37. The van der Waals surface area contributed by atoms with Crippen molar-refractivity contribution in [1.29, 1.82) is 0 Å². The molecule has 0 saturated heterocycles. The maximum Gasteiger partial charge on any atom is 0.272 e. The molecule has 0 spiro atoms. The summed E-state index contributed by atoms with van der Waals surface area (Å²) in [5, 5.41) is 8.79. The second kappa shape index (κ2) is 15.3. The molecular formula is C38H32ClN3O3S. The van der Waals surface area contributed by atoms with E-state index in [0.29, 0.717) is 21.8 Å². The number of hydrogen-bond donors (Lipinski definition) is 3. The van der Waals surface area contributed by atoms with Crippen LogP contribution in [-0.4, -0.2) is 17.7 Å². The Morgan fingerprint density at radius 3 is 2.02 bits per heavy atom. The molecule has 3 amide bonds. The van der Waals surface area contributed by atoms with Crippen LogP contribution >= 0.6 is 23.4 Å². The highest BCUT2D eigenvalue weighted by molar-refractivity contribution is 8.00. The van der Waals surface area contributed by atoms with Crippen molar-refractivity contribution in [1.82, 2.24) is 5.32 Å². The first kappa shape index (κ1) is 32.3. The molecule has 5 aromatic carbocycles. The number of benzene rings is 5. The molecule has 6 nitrogen and oxygen atoms in total. The van der Waals surface area contributed by atoms with Gasteiger partial charge in [-0.3, -0.25) is 14.4 Å². The molecule has 0 aliphatic carbocycles. The summed E-state index contributed by atoms with van der Waals surface area (Å²) in [6, 6.07) is 38.4. The van der Waals surface area contributed by atoms with Gasteiger partial charge in [-0.1, -0.05) is 96.5 Å². The maximum absolute atomic E-state index is 13.7. The number of hydrogen-bond acceptors (Lipinski definition) is 4. The summed E-state index contributed by atoms with van der Waals surface area (Å²) in [7, 11) is 0. The lowest BCUT2D eigenvalue weighted by molar-refractivity contribution is -0.116. The quantitative estimate of drug-likeness (QED) is 0.105. The fourth-order valence-electron chi connectivity index (χ4n) is 4.75. The van der Waals surface area contributed by atoms with Crippen LogP contribution < -0.4 is 16.0 Å². The number of carbonyl (C=O) groups is 3. The van der Waals surface area contributed by atoms with E-state index in [-0.39, 0.29) is 11.6 Å². The first-order valence-electron chi connectivity index (χ1n) is 14.6. The van der Waals surface area contributed by atoms with Gasteiger partial charge in [0.05, 0.1) is 0 Å². The van der Waals surface area contributed by atoms with E-state index in [2.05, 4.69) is 16.0 Å². The van der Waals surface area contributed by atoms with E-state index in [1.807, 2.05) is 86.6 Å². The Kier molecular flexibility index (Phi) is 10.7. The minimum absolute atomic E-state index is 0.0596. The predicted octanol–water partition coefficient (Wildman–Crippen LogP) is 8.84. The lowest BCUT2D eigenvalue weighted by atomic mass is 10.1. The van der Waals surface area contributed by atoms with E-state index >= 15 is 0 Å². The Hall–Kier alpha value is -5.11. The topological polar surface area (TPSA) is 87.3 Å². The summed E-state index contributed by atoms with van der Waals surface area (Å²) < 4.78 is 0. The summed E-state index contributed by atoms with van der Waals surface area (Å²) in [6.07, 6.45) is 1.59. The van der Waals surface area contributed by atoms with Crippen LogP contribution in [0.4, 0.5) is 11.4 Å². The van der Waals surface area contributed by atoms with Crippen molar-refractivity contribution in [3.63, 3.8) is 0 Å². The Morgan fingerprint density at radius 1 is 0.717 bits per heavy atom. The molecule has 8 heteroatoms. The van der Waals surface area contributed by atoms with Crippen LogP contribution in [0.2, 0.25) is 5.02 Å². The first-order valence-corrected chi connectivity index (χ1v) is 15.9. The summed E-state index contributed by atoms with van der Waals surface area (Å²) in [5.41, 5.74) is 5.29. The molecule has 230 valence electrons. The first-order chi connectivity index (χ1) is 22.3. The molecule has 0 fully saturated rings. The number of nitrogens with one attached hydrogen (secondary N) is 3. The zero-order valence-corrected chi connectivity index (χ0v) is 26.9. The third kappa shape index (κ3) is 8.53. The SMILES string of the molecule is Cc1cccc(C)c1NC(=O)C(Sc1cccc(NC(=O)/C(=C\c2ccc(Cl)cc2)NC(=O)c2ccccc2)c1)c1ccccc1. The average molecular weight is 646 g/mol. The number of amides is 3. The molecule has 1 unspecified atom stereocenters. The van der Waals surface area contributed by atoms with Gasteiger partial charge in [0.2, 0.25) is 5.91 Å². The molecule has 1 atom stereocenters. The minimum atomic E-state index is -0.559. The zero-order valence-electron chi connectivity index (χ0n) is 25.3. The molecule has 0 saturated carbocycles. The predicted molar refractivity (Wildman–Crippen MR) is 188 cm³/mol. The third-order valence-electron chi connectivity index (χ3n) is 7.13. The Balaban J connectivity index is 1.38. The smallest absolute Gasteiger partial charge is 0.272 e. The van der Waals surface area contributed by atoms with Gasteiger partial charge < -0.3 is 16.0 Å². The highest BCUT2D eigenvalue weighted by Gasteiger charge is 2.24. The molecule has 0 aromatic heterocycles. The average Bonchev–Trinajstić information content (AvgIpc) is 3.07. The number of carbonyl (C=O) groups excluding carboxylic acids is 3. The Bertz CT molecular complexity index is 1860. The van der Waals surface area contributed by atoms with Crippen molar-refractivity contribution in [2.45, 2.75) is 24.0 Å². The van der Waals surface area contributed by atoms with Crippen molar-refractivity contribution >= 4 is 58.5 Å². The van der Waals surface area contributed by atoms with Crippen molar-refractivity contribution in [2.24, 2.45) is 0 Å². The molecule has 3 N–H and O–H groups in total. The van der Waals surface area contributed by atoms with E-state index in [1.54, 1.807) is 60.7 Å². The number of anilines is 2. The van der Waals surface area contributed by atoms with E-state index in [0.717, 1.165) is 27.3 Å². The molecule has 0 aliphatic rings. The Labute approximate surface area is 277 Å². The fraction of sp³-hybridized carbons (Fsp3) is 0.0789. The molecule has 46 heavy (non-hydrogen) atoms. The summed E-state index contributed by atoms with van der Waals surface area (Å²) in [5.74, 6) is -1.07. The molecular weight excluding hydrogens is 614 g/mol. The van der Waals surface area contributed by atoms with E-state index < -0.39 is 17.1 Å². The van der Waals surface area contributed by atoms with Crippen LogP contribution in [0.15, 0.2) is 138 Å². The number of rotatable bonds is 10. The van der Waals surface area contributed by atoms with Gasteiger partial charge in [-0.25, -0.2) is 0 Å². The molecule has 0 heterocycles. The lowest BCUT2D eigenvalue weighted by Gasteiger charge is -2.19. The second-order valence-corrected chi connectivity index (χ2v) is 12.2. The van der Waals surface area contributed by atoms with Gasteiger partial charge in [0.1, 0.15) is 10.9 Å². The molecule has 0 radical (unpaired) electrons. The zero-order chi connectivity index (χ0) is 32.5. The normalized spacial score (nSPS) is 11.8. The highest BCUT2D eigenvalue weighted by atomic mass is 35.5. The molecule has 0 bridgehead atoms. The summed E-state index contributed by atoms with van der Waals surface area (Å²) in [6.45, 7) is 3.94. The monoisotopic (exact) mass is 645 g/mol. The number of halogens is 1. The van der Waals surface area contributed by atoms with Gasteiger partial charge in [-0.05, 0) is 84.6 Å². The lowest BCUT2D eigenvalue weighted by Crippen LogP contribution is -2.30. The molecule has 5 rings (SSSR count). The number of thioether (sulfide) groups is 1. The van der Waals surface area contributed by atoms with Crippen LogP contribution in [-0.2, 0) is 9.59 Å². The number of aryl methyl sites for hydroxylation is 2. The third-order valence-corrected chi connectivity index (χ3v) is 8.63. The second-order valence-electron chi connectivity index (χ2n) is 10.6. The summed E-state index contributed by atoms with van der Waals surface area (Å²) >= 11 is 7.43. The van der Waals surface area contributed by atoms with Crippen molar-refractivity contribution in [3.05, 3.63) is 166 Å². The van der Waals surface area contributed by atoms with Crippen molar-refractivity contribution in [2.75, 3.05) is 10.6 Å². The fourth-order valence-corrected chi connectivity index (χ4v) is 5.96. The van der Waals surface area contributed by atoms with Gasteiger partial charge in [0.25, 0.3) is 11.8 Å². The van der Waals surface area contributed by atoms with E-state index in [4.69, 9.17) is 11.6 Å². The molecule has 5 aromatic rings. The summed E-state index contributed by atoms with van der Waals surface area (Å²) in [4.78, 5) is 41.1. The van der Waals surface area contributed by atoms with E-state index in [1.165, 1.54) is 11.8 Å². The maximum atomic E-state index is 13.7. The minimum Gasteiger partial charge on any atom is -0.324 e. The van der Waals surface area contributed by atoms with Crippen LogP contribution in [0.3, 0.4) is 0 Å². The Morgan fingerprint density at radius 2 is 1.35 bits per heavy atom. The van der Waals surface area contributed by atoms with Gasteiger partial charge in [0, 0.05) is 26.9 Å². The van der Waals surface area contributed by atoms with Crippen LogP contribution in [0.5, 0.6) is 0 Å². The van der Waals surface area contributed by atoms with Gasteiger partial charge >= 0.3 is 0 Å². The molecule has 0 aliphatic heterocycles. The van der Waals surface area contributed by atoms with Gasteiger partial charge in [-0.15, -0.1) is 11.8 Å². The van der Waals surface area contributed by atoms with Crippen LogP contribution in [0.25, 0.3) is 6.08 Å². The van der Waals surface area contributed by atoms with Crippen LogP contribution in [0.1, 0.15) is 37.9 Å². The van der Waals surface area contributed by atoms with Crippen molar-refractivity contribution in [3.8, 4) is 0 Å². The standard InChI is InChI=1S/C38H32ClN3O3S/c1-25-11-9-12-26(2)34(25)42-38(45)35(28-13-5-3-6-14-28)46-32-18-10-17-31(24-32)40-37(44)33(23-27-19-21-30(39)22-20-27)41-36(43)29-15-7-4-8-16-29/h3-24,35H,1-2H3,(H,40,44)(H,41,43)(H,42,45)/b33-23+. The van der Waals surface area contributed by atoms with E-state index in [9.17, 15) is 14.4 Å². The van der Waals surface area contributed by atoms with Gasteiger partial charge in [-0.2, -0.15) is 0 Å². The van der Waals surface area contributed by atoms with Crippen molar-refractivity contribution < 1.29 is 14.4 Å². The van der Waals surface area contributed by atoms with Crippen LogP contribution in [0, 0.1) is 13.8 Å². The largest absolute Gasteiger partial charge is 0.324 e. The number of para-hydroxylation sites is 1.